The van der Waals surface area contributed by atoms with Gasteiger partial charge in [0, 0.05) is 58.5 Å². The molecule has 4 unspecified atom stereocenters. The van der Waals surface area contributed by atoms with E-state index in [9.17, 15) is 38.8 Å². The standard InChI is InChI=1S/C55H88NO16P/c1-13-68-73(64,69-14-2)72-45-26-24-41(31-48(45)66-11)30-37(6)47-33-44(57)36(5)29-39(8)50(59)51(67-12)49(58)38(7)28-34(3)20-16-15-17-21-35(4)46(65-10)32-42-25-23-40(9)55(63,71-42)52(60)53(61)56-27-19-18-22-43(56)54(62)70-47/h15-17,20-21,29,34,36-38,40-43,45-48,50-51,59,63H,13-14,18-19,22-28,30-33H2,1-12H3/b17-15+,20-16+,35-21+,39-29+/t34-,36-,37-,38-,40-,41?,42+,43?,45-,46+,47?,48-,50-,51+,55?/m1/s1. The maximum Gasteiger partial charge on any atom is 0.475 e. The number of allylic oxidation sites excluding steroid dienone is 6. The Morgan fingerprint density at radius 1 is 0.836 bits per heavy atom. The van der Waals surface area contributed by atoms with Crippen LogP contribution in [0.25, 0.3) is 0 Å². The number of phosphoric acid groups is 1. The molecule has 17 nitrogen and oxygen atoms in total. The smallest absolute Gasteiger partial charge is 0.460 e. The van der Waals surface area contributed by atoms with Crippen molar-refractivity contribution in [2.75, 3.05) is 41.1 Å². The number of aliphatic hydroxyl groups is 2. The lowest BCUT2D eigenvalue weighted by molar-refractivity contribution is -0.265. The number of carbonyl (C=O) groups excluding carboxylic acids is 5. The molecule has 18 heteroatoms. The molecular weight excluding hydrogens is 962 g/mol. The van der Waals surface area contributed by atoms with Gasteiger partial charge in [-0.2, -0.15) is 0 Å². The number of piperidine rings is 1. The minimum absolute atomic E-state index is 0.00167. The number of nitrogens with zero attached hydrogens (tertiary/aromatic N) is 1. The van der Waals surface area contributed by atoms with Gasteiger partial charge in [0.1, 0.15) is 30.1 Å². The molecule has 15 atom stereocenters. The lowest BCUT2D eigenvalue weighted by Gasteiger charge is -2.42. The highest BCUT2D eigenvalue weighted by Gasteiger charge is 2.53. The van der Waals surface area contributed by atoms with Crippen LogP contribution in [0, 0.1) is 35.5 Å². The van der Waals surface area contributed by atoms with Crippen LogP contribution in [0.4, 0.5) is 0 Å². The number of ketones is 3. The van der Waals surface area contributed by atoms with Gasteiger partial charge in [-0.25, -0.2) is 9.36 Å². The summed E-state index contributed by atoms with van der Waals surface area (Å²) in [4.78, 5) is 72.5. The molecule has 2 bridgehead atoms. The molecule has 0 aromatic heterocycles. The van der Waals surface area contributed by atoms with Crippen molar-refractivity contribution in [1.29, 1.82) is 0 Å². The highest BCUT2D eigenvalue weighted by atomic mass is 31.2. The number of hydrogen-bond acceptors (Lipinski definition) is 16. The topological polar surface area (TPSA) is 220 Å². The Morgan fingerprint density at radius 3 is 2.18 bits per heavy atom. The third-order valence-electron chi connectivity index (χ3n) is 15.3. The number of carbonyl (C=O) groups is 5. The van der Waals surface area contributed by atoms with Crippen LogP contribution in [0.3, 0.4) is 0 Å². The van der Waals surface area contributed by atoms with Crippen LogP contribution in [-0.4, -0.2) is 140 Å². The minimum atomic E-state index is -3.84. The maximum absolute atomic E-state index is 14.6. The first-order chi connectivity index (χ1) is 34.6. The number of rotatable bonds is 12. The highest BCUT2D eigenvalue weighted by Crippen LogP contribution is 2.53. The van der Waals surface area contributed by atoms with Crippen molar-refractivity contribution in [3.8, 4) is 0 Å². The Morgan fingerprint density at radius 2 is 1.53 bits per heavy atom. The molecule has 4 aliphatic rings. The first-order valence-corrected chi connectivity index (χ1v) is 28.1. The van der Waals surface area contributed by atoms with E-state index in [1.54, 1.807) is 61.8 Å². The van der Waals surface area contributed by atoms with Gasteiger partial charge in [0.05, 0.1) is 37.6 Å². The largest absolute Gasteiger partial charge is 0.475 e. The van der Waals surface area contributed by atoms with Crippen LogP contribution < -0.4 is 0 Å². The van der Waals surface area contributed by atoms with Crippen LogP contribution in [0.2, 0.25) is 0 Å². The van der Waals surface area contributed by atoms with Crippen molar-refractivity contribution in [1.82, 2.24) is 4.90 Å². The Hall–Kier alpha value is -3.22. The van der Waals surface area contributed by atoms with Crippen LogP contribution in [0.15, 0.2) is 47.6 Å². The molecule has 0 radical (unpaired) electrons. The molecule has 1 aliphatic carbocycles. The molecule has 2 N–H and O–H groups in total. The molecule has 0 spiro atoms. The number of esters is 1. The molecule has 2 saturated heterocycles. The van der Waals surface area contributed by atoms with Gasteiger partial charge in [-0.05, 0) is 121 Å². The summed E-state index contributed by atoms with van der Waals surface area (Å²) in [5.41, 5.74) is 1.23. The van der Waals surface area contributed by atoms with E-state index in [0.717, 1.165) is 5.57 Å². The number of cyclic esters (lactones) is 1. The summed E-state index contributed by atoms with van der Waals surface area (Å²) >= 11 is 0. The zero-order valence-electron chi connectivity index (χ0n) is 45.7. The van der Waals surface area contributed by atoms with E-state index < -0.39 is 104 Å². The van der Waals surface area contributed by atoms with Gasteiger partial charge in [-0.1, -0.05) is 71.1 Å². The molecule has 3 fully saturated rings. The maximum atomic E-state index is 14.6. The van der Waals surface area contributed by atoms with E-state index in [4.69, 9.17) is 37.3 Å². The fourth-order valence-electron chi connectivity index (χ4n) is 10.8. The Bertz CT molecular complexity index is 2010. The quantitative estimate of drug-likeness (QED) is 0.0811. The van der Waals surface area contributed by atoms with Gasteiger partial charge in [0.25, 0.3) is 11.7 Å². The third-order valence-corrected chi connectivity index (χ3v) is 17.0. The van der Waals surface area contributed by atoms with Crippen LogP contribution in [-0.2, 0) is 65.8 Å². The molecular formula is C55H88NO16P. The summed E-state index contributed by atoms with van der Waals surface area (Å²) < 4.78 is 59.9. The highest BCUT2D eigenvalue weighted by molar-refractivity contribution is 7.48. The van der Waals surface area contributed by atoms with Gasteiger partial charge in [-0.3, -0.25) is 32.7 Å². The summed E-state index contributed by atoms with van der Waals surface area (Å²) in [6, 6.07) is -1.18. The van der Waals surface area contributed by atoms with Crippen LogP contribution >= 0.6 is 7.82 Å². The first kappa shape index (κ1) is 62.3. The van der Waals surface area contributed by atoms with Crippen molar-refractivity contribution in [3.63, 3.8) is 0 Å². The number of amides is 1. The number of Topliss-reactive ketones (excluding diaryl/α,β-unsaturated/α-hetero) is 3. The minimum Gasteiger partial charge on any atom is -0.460 e. The van der Waals surface area contributed by atoms with Crippen molar-refractivity contribution >= 4 is 37.0 Å². The van der Waals surface area contributed by atoms with Gasteiger partial charge in [0.15, 0.2) is 5.78 Å². The number of phosphoric ester groups is 1. The van der Waals surface area contributed by atoms with Crippen molar-refractivity contribution in [2.45, 2.75) is 194 Å². The second kappa shape index (κ2) is 29.3. The van der Waals surface area contributed by atoms with E-state index in [2.05, 4.69) is 0 Å². The summed E-state index contributed by atoms with van der Waals surface area (Å²) in [5, 5.41) is 23.5. The van der Waals surface area contributed by atoms with Crippen LogP contribution in [0.5, 0.6) is 0 Å². The van der Waals surface area contributed by atoms with Crippen molar-refractivity contribution in [3.05, 3.63) is 47.6 Å². The van der Waals surface area contributed by atoms with E-state index in [1.165, 1.54) is 12.0 Å². The molecule has 0 aromatic carbocycles. The normalized spacial score (nSPS) is 37.5. The van der Waals surface area contributed by atoms with Gasteiger partial charge >= 0.3 is 13.8 Å². The van der Waals surface area contributed by atoms with E-state index in [-0.39, 0.29) is 56.0 Å². The van der Waals surface area contributed by atoms with E-state index in [1.807, 2.05) is 51.2 Å². The lowest BCUT2D eigenvalue weighted by Crippen LogP contribution is -2.61. The predicted molar refractivity (Wildman–Crippen MR) is 275 cm³/mol. The number of hydrogen-bond donors (Lipinski definition) is 2. The lowest BCUT2D eigenvalue weighted by atomic mass is 9.78. The van der Waals surface area contributed by atoms with Crippen molar-refractivity contribution < 1.29 is 76.0 Å². The number of methoxy groups -OCH3 is 3. The third kappa shape index (κ3) is 17.1. The zero-order chi connectivity index (χ0) is 54.2. The molecule has 4 rings (SSSR count). The van der Waals surface area contributed by atoms with Gasteiger partial charge in [-0.15, -0.1) is 0 Å². The zero-order valence-corrected chi connectivity index (χ0v) is 46.6. The first-order valence-electron chi connectivity index (χ1n) is 26.6. The molecule has 3 aliphatic heterocycles. The number of fused-ring (bicyclic) bond motifs is 3. The Kier molecular flexibility index (Phi) is 25.0. The molecule has 414 valence electrons. The van der Waals surface area contributed by atoms with E-state index >= 15 is 0 Å². The summed E-state index contributed by atoms with van der Waals surface area (Å²) in [6.45, 7) is 16.3. The SMILES string of the molecule is CCOP(=O)(OCC)O[C@@H]1CCC(C[C@@H](C)C2CC(=O)[C@H](C)/C=C(\C)[C@@H](O)[C@@H](OC)C(=O)[C@H](C)C[C@H](C)/C=C/C=C/C=C(\C)[C@@H](OC)C[C@@H]3CC[C@@H](C)C(O)(O3)C(=O)C(=O)N3CCCCC3C(=O)O2)C[C@H]1OC. The fourth-order valence-corrected chi connectivity index (χ4v) is 12.2. The van der Waals surface area contributed by atoms with E-state index in [0.29, 0.717) is 69.8 Å². The second-order valence-corrected chi connectivity index (χ2v) is 22.6. The molecule has 1 amide bonds. The van der Waals surface area contributed by atoms with Crippen LogP contribution in [0.1, 0.15) is 139 Å². The van der Waals surface area contributed by atoms with Gasteiger partial charge < -0.3 is 38.8 Å². The summed E-state index contributed by atoms with van der Waals surface area (Å²) in [6.07, 6.45) is 10.3. The average Bonchev–Trinajstić information content (AvgIpc) is 3.35. The Labute approximate surface area is 434 Å². The molecule has 1 saturated carbocycles. The summed E-state index contributed by atoms with van der Waals surface area (Å²) in [7, 11) is 0.650. The fraction of sp³-hybridized carbons (Fsp3) is 0.764. The molecule has 3 heterocycles. The molecule has 0 aromatic rings. The average molecular weight is 1050 g/mol. The second-order valence-electron chi connectivity index (χ2n) is 20.9. The van der Waals surface area contributed by atoms with Crippen molar-refractivity contribution in [2.24, 2.45) is 35.5 Å². The summed E-state index contributed by atoms with van der Waals surface area (Å²) in [5.74, 6) is -8.40. The number of ether oxygens (including phenoxy) is 5. The Balaban J connectivity index is 1.70. The molecule has 73 heavy (non-hydrogen) atoms. The number of aliphatic hydroxyl groups excluding tert-OH is 1. The predicted octanol–water partition coefficient (Wildman–Crippen LogP) is 8.39. The monoisotopic (exact) mass is 1050 g/mol. The van der Waals surface area contributed by atoms with Gasteiger partial charge in [0.2, 0.25) is 5.79 Å².